The number of hydrogen-bond donors (Lipinski definition) is 2. The van der Waals surface area contributed by atoms with E-state index in [4.69, 9.17) is 5.11 Å². The Balaban J connectivity index is 1.75. The Morgan fingerprint density at radius 3 is 2.83 bits per heavy atom. The van der Waals surface area contributed by atoms with Crippen LogP contribution in [0.5, 0.6) is 0 Å². The first-order valence-electron chi connectivity index (χ1n) is 7.52. The quantitative estimate of drug-likeness (QED) is 0.721. The van der Waals surface area contributed by atoms with Gasteiger partial charge in [-0.25, -0.2) is 9.97 Å². The molecule has 0 aliphatic rings. The zero-order valence-corrected chi connectivity index (χ0v) is 12.6. The maximum absolute atomic E-state index is 11.9. The fraction of sp³-hybridized carbons (Fsp3) is 0.235. The molecule has 3 aromatic rings. The zero-order chi connectivity index (χ0) is 16.1. The Hall–Kier alpha value is -2.73. The summed E-state index contributed by atoms with van der Waals surface area (Å²) in [5.74, 6) is -0.257. The smallest absolute Gasteiger partial charge is 0.253 e. The predicted octanol–water partition coefficient (Wildman–Crippen LogP) is 1.40. The molecule has 118 valence electrons. The molecule has 3 rings (SSSR count). The molecule has 6 nitrogen and oxygen atoms in total. The van der Waals surface area contributed by atoms with Gasteiger partial charge in [0, 0.05) is 19.3 Å². The number of nitrogens with zero attached hydrogens (tertiary/aromatic N) is 3. The van der Waals surface area contributed by atoms with Gasteiger partial charge in [0.05, 0.1) is 18.5 Å². The number of carbonyl (C=O) groups is 1. The molecule has 6 heteroatoms. The second-order valence-electron chi connectivity index (χ2n) is 5.22. The minimum Gasteiger partial charge on any atom is -0.395 e. The van der Waals surface area contributed by atoms with Crippen LogP contribution in [0.2, 0.25) is 0 Å². The maximum Gasteiger partial charge on any atom is 0.253 e. The Kier molecular flexibility index (Phi) is 4.63. The number of nitrogens with one attached hydrogen (secondary N) is 1. The number of rotatable bonds is 6. The van der Waals surface area contributed by atoms with Gasteiger partial charge in [-0.2, -0.15) is 0 Å². The van der Waals surface area contributed by atoms with Crippen LogP contribution in [0.1, 0.15) is 15.9 Å². The zero-order valence-electron chi connectivity index (χ0n) is 12.6. The summed E-state index contributed by atoms with van der Waals surface area (Å²) >= 11 is 0. The van der Waals surface area contributed by atoms with Gasteiger partial charge in [-0.15, -0.1) is 0 Å². The van der Waals surface area contributed by atoms with E-state index in [2.05, 4.69) is 27.4 Å². The lowest BCUT2D eigenvalue weighted by molar-refractivity contribution is 0.0944. The summed E-state index contributed by atoms with van der Waals surface area (Å²) < 4.78 is 1.98. The van der Waals surface area contributed by atoms with Crippen LogP contribution in [0.4, 0.5) is 0 Å². The number of amides is 1. The molecule has 0 aliphatic heterocycles. The summed E-state index contributed by atoms with van der Waals surface area (Å²) in [6.07, 6.45) is 4.18. The van der Waals surface area contributed by atoms with Gasteiger partial charge < -0.3 is 15.0 Å². The third-order valence-corrected chi connectivity index (χ3v) is 3.60. The molecule has 0 atom stereocenters. The average molecular weight is 310 g/mol. The molecule has 0 aliphatic carbocycles. The highest BCUT2D eigenvalue weighted by molar-refractivity contribution is 5.96. The Bertz CT molecular complexity index is 799. The standard InChI is InChI=1S/C17H18N4O2/c22-9-7-18-17(23)14-10-15-16(19-11-14)21(12-20-15)8-6-13-4-2-1-3-5-13/h1-5,10-12,22H,6-9H2,(H,18,23). The van der Waals surface area contributed by atoms with Crippen molar-refractivity contribution in [3.8, 4) is 0 Å². The molecule has 0 radical (unpaired) electrons. The minimum atomic E-state index is -0.257. The van der Waals surface area contributed by atoms with Crippen molar-refractivity contribution in [3.63, 3.8) is 0 Å². The molecular weight excluding hydrogens is 292 g/mol. The molecule has 1 amide bonds. The van der Waals surface area contributed by atoms with Gasteiger partial charge in [-0.3, -0.25) is 4.79 Å². The van der Waals surface area contributed by atoms with Crippen molar-refractivity contribution in [2.45, 2.75) is 13.0 Å². The van der Waals surface area contributed by atoms with Gasteiger partial charge in [0.25, 0.3) is 5.91 Å². The van der Waals surface area contributed by atoms with E-state index in [1.54, 1.807) is 12.4 Å². The van der Waals surface area contributed by atoms with E-state index in [0.29, 0.717) is 11.1 Å². The molecule has 2 heterocycles. The summed E-state index contributed by atoms with van der Waals surface area (Å²) in [5.41, 5.74) is 3.16. The second-order valence-corrected chi connectivity index (χ2v) is 5.22. The Labute approximate surface area is 133 Å². The van der Waals surface area contributed by atoms with Gasteiger partial charge in [0.1, 0.15) is 5.52 Å². The number of carbonyl (C=O) groups excluding carboxylic acids is 1. The lowest BCUT2D eigenvalue weighted by Crippen LogP contribution is -2.26. The first-order valence-corrected chi connectivity index (χ1v) is 7.52. The Morgan fingerprint density at radius 1 is 1.22 bits per heavy atom. The van der Waals surface area contributed by atoms with Crippen molar-refractivity contribution in [2.24, 2.45) is 0 Å². The third-order valence-electron chi connectivity index (χ3n) is 3.60. The molecule has 0 saturated heterocycles. The van der Waals surface area contributed by atoms with Crippen molar-refractivity contribution < 1.29 is 9.90 Å². The monoisotopic (exact) mass is 310 g/mol. The number of aromatic nitrogens is 3. The van der Waals surface area contributed by atoms with Crippen LogP contribution in [0.3, 0.4) is 0 Å². The molecule has 0 unspecified atom stereocenters. The van der Waals surface area contributed by atoms with E-state index in [-0.39, 0.29) is 19.1 Å². The highest BCUT2D eigenvalue weighted by Gasteiger charge is 2.10. The number of benzene rings is 1. The fourth-order valence-corrected chi connectivity index (χ4v) is 2.40. The lowest BCUT2D eigenvalue weighted by atomic mass is 10.1. The number of hydrogen-bond acceptors (Lipinski definition) is 4. The summed E-state index contributed by atoms with van der Waals surface area (Å²) in [5, 5.41) is 11.3. The number of aryl methyl sites for hydroxylation is 2. The SMILES string of the molecule is O=C(NCCO)c1cnc2c(c1)ncn2CCc1ccccc1. The van der Waals surface area contributed by atoms with Crippen LogP contribution in [0.25, 0.3) is 11.2 Å². The number of aliphatic hydroxyl groups excluding tert-OH is 1. The van der Waals surface area contributed by atoms with Crippen LogP contribution < -0.4 is 5.32 Å². The van der Waals surface area contributed by atoms with Gasteiger partial charge in [0.15, 0.2) is 5.65 Å². The summed E-state index contributed by atoms with van der Waals surface area (Å²) in [6.45, 7) is 0.918. The van der Waals surface area contributed by atoms with Crippen LogP contribution in [-0.2, 0) is 13.0 Å². The third kappa shape index (κ3) is 3.54. The van der Waals surface area contributed by atoms with Crippen molar-refractivity contribution >= 4 is 17.1 Å². The number of pyridine rings is 1. The van der Waals surface area contributed by atoms with E-state index >= 15 is 0 Å². The molecule has 2 N–H and O–H groups in total. The first kappa shape index (κ1) is 15.2. The fourth-order valence-electron chi connectivity index (χ4n) is 2.40. The molecule has 2 aromatic heterocycles. The van der Waals surface area contributed by atoms with E-state index in [0.717, 1.165) is 18.6 Å². The van der Waals surface area contributed by atoms with E-state index in [9.17, 15) is 4.79 Å². The Morgan fingerprint density at radius 2 is 2.04 bits per heavy atom. The number of aliphatic hydroxyl groups is 1. The normalized spacial score (nSPS) is 10.8. The second kappa shape index (κ2) is 7.02. The molecule has 23 heavy (non-hydrogen) atoms. The molecule has 1 aromatic carbocycles. The van der Waals surface area contributed by atoms with Crippen molar-refractivity contribution in [2.75, 3.05) is 13.2 Å². The van der Waals surface area contributed by atoms with Crippen molar-refractivity contribution in [1.82, 2.24) is 19.9 Å². The molecule has 0 bridgehead atoms. The lowest BCUT2D eigenvalue weighted by Gasteiger charge is -2.05. The van der Waals surface area contributed by atoms with E-state index in [1.807, 2.05) is 22.8 Å². The van der Waals surface area contributed by atoms with Gasteiger partial charge in [0.2, 0.25) is 0 Å². The predicted molar refractivity (Wildman–Crippen MR) is 87.1 cm³/mol. The first-order chi connectivity index (χ1) is 11.3. The largest absolute Gasteiger partial charge is 0.395 e. The molecule has 0 fully saturated rings. The van der Waals surface area contributed by atoms with Crippen LogP contribution in [-0.4, -0.2) is 38.7 Å². The summed E-state index contributed by atoms with van der Waals surface area (Å²) in [6, 6.07) is 12.0. The molecule has 0 spiro atoms. The van der Waals surface area contributed by atoms with Gasteiger partial charge >= 0.3 is 0 Å². The minimum absolute atomic E-state index is 0.0878. The van der Waals surface area contributed by atoms with E-state index < -0.39 is 0 Å². The van der Waals surface area contributed by atoms with Crippen LogP contribution in [0, 0.1) is 0 Å². The topological polar surface area (TPSA) is 80.0 Å². The van der Waals surface area contributed by atoms with Crippen LogP contribution >= 0.6 is 0 Å². The molecular formula is C17H18N4O2. The van der Waals surface area contributed by atoms with Crippen molar-refractivity contribution in [3.05, 3.63) is 60.0 Å². The molecule has 0 saturated carbocycles. The van der Waals surface area contributed by atoms with Gasteiger partial charge in [-0.05, 0) is 18.1 Å². The number of fused-ring (bicyclic) bond motifs is 1. The summed E-state index contributed by atoms with van der Waals surface area (Å²) in [4.78, 5) is 20.6. The highest BCUT2D eigenvalue weighted by atomic mass is 16.3. The summed E-state index contributed by atoms with van der Waals surface area (Å²) in [7, 11) is 0. The average Bonchev–Trinajstić information content (AvgIpc) is 3.01. The highest BCUT2D eigenvalue weighted by Crippen LogP contribution is 2.13. The van der Waals surface area contributed by atoms with E-state index in [1.165, 1.54) is 11.8 Å². The number of imidazole rings is 1. The van der Waals surface area contributed by atoms with Crippen molar-refractivity contribution in [1.29, 1.82) is 0 Å². The van der Waals surface area contributed by atoms with Gasteiger partial charge in [-0.1, -0.05) is 30.3 Å². The maximum atomic E-state index is 11.9. The van der Waals surface area contributed by atoms with Crippen LogP contribution in [0.15, 0.2) is 48.9 Å².